The second-order valence-corrected chi connectivity index (χ2v) is 4.63. The van der Waals surface area contributed by atoms with E-state index in [2.05, 4.69) is 35.1 Å². The number of rotatable bonds is 4. The molecule has 0 radical (unpaired) electrons. The van der Waals surface area contributed by atoms with Crippen LogP contribution in [0.2, 0.25) is 0 Å². The molecule has 1 heterocycles. The van der Waals surface area contributed by atoms with Crippen molar-refractivity contribution >= 4 is 28.7 Å². The molecule has 0 aromatic carbocycles. The Balaban J connectivity index is 2.29. The molecule has 0 aliphatic heterocycles. The Morgan fingerprint density at radius 1 is 1.64 bits per heavy atom. The Kier molecular flexibility index (Phi) is 4.90. The third-order valence-corrected chi connectivity index (χ3v) is 2.96. The first-order chi connectivity index (χ1) is 6.72. The Morgan fingerprint density at radius 2 is 2.43 bits per heavy atom. The molecular formula is C10H16N2S2. The number of hydrogen-bond donors (Lipinski definition) is 2. The summed E-state index contributed by atoms with van der Waals surface area (Å²) < 4.78 is 0. The lowest BCUT2D eigenvalue weighted by molar-refractivity contribution is 0.657. The summed E-state index contributed by atoms with van der Waals surface area (Å²) in [4.78, 5) is 1.39. The van der Waals surface area contributed by atoms with E-state index in [1.54, 1.807) is 11.3 Å². The molecule has 78 valence electrons. The van der Waals surface area contributed by atoms with Crippen LogP contribution in [0, 0.1) is 0 Å². The van der Waals surface area contributed by atoms with Gasteiger partial charge in [0.2, 0.25) is 0 Å². The lowest BCUT2D eigenvalue weighted by Crippen LogP contribution is -2.41. The quantitative estimate of drug-likeness (QED) is 0.772. The van der Waals surface area contributed by atoms with Gasteiger partial charge in [-0.3, -0.25) is 0 Å². The summed E-state index contributed by atoms with van der Waals surface area (Å²) in [7, 11) is 0. The highest BCUT2D eigenvalue weighted by atomic mass is 32.1. The summed E-state index contributed by atoms with van der Waals surface area (Å²) in [6.45, 7) is 5.05. The molecule has 1 atom stereocenters. The Morgan fingerprint density at radius 3 is 3.00 bits per heavy atom. The molecule has 1 aromatic rings. The van der Waals surface area contributed by atoms with Gasteiger partial charge in [0.25, 0.3) is 0 Å². The minimum Gasteiger partial charge on any atom is -0.363 e. The smallest absolute Gasteiger partial charge is 0.166 e. The van der Waals surface area contributed by atoms with Crippen LogP contribution < -0.4 is 10.6 Å². The van der Waals surface area contributed by atoms with Crippen molar-refractivity contribution in [3.63, 3.8) is 0 Å². The molecule has 1 unspecified atom stereocenters. The van der Waals surface area contributed by atoms with Crippen molar-refractivity contribution in [2.45, 2.75) is 26.3 Å². The van der Waals surface area contributed by atoms with E-state index in [0.717, 1.165) is 18.1 Å². The average molecular weight is 228 g/mol. The average Bonchev–Trinajstić information content (AvgIpc) is 2.56. The maximum atomic E-state index is 5.11. The first-order valence-corrected chi connectivity index (χ1v) is 6.08. The number of thiocarbonyl (C=S) groups is 1. The number of nitrogens with one attached hydrogen (secondary N) is 2. The molecular weight excluding hydrogens is 212 g/mol. The van der Waals surface area contributed by atoms with Crippen molar-refractivity contribution in [3.05, 3.63) is 22.4 Å². The van der Waals surface area contributed by atoms with Gasteiger partial charge in [-0.2, -0.15) is 0 Å². The van der Waals surface area contributed by atoms with Gasteiger partial charge >= 0.3 is 0 Å². The first kappa shape index (κ1) is 11.5. The first-order valence-electron chi connectivity index (χ1n) is 4.79. The minimum atomic E-state index is 0.389. The highest BCUT2D eigenvalue weighted by molar-refractivity contribution is 7.80. The van der Waals surface area contributed by atoms with Crippen LogP contribution in [0.3, 0.4) is 0 Å². The zero-order valence-electron chi connectivity index (χ0n) is 8.54. The molecule has 4 heteroatoms. The lowest BCUT2D eigenvalue weighted by atomic mass is 10.2. The zero-order chi connectivity index (χ0) is 10.4. The zero-order valence-corrected chi connectivity index (χ0v) is 10.2. The van der Waals surface area contributed by atoms with E-state index < -0.39 is 0 Å². The van der Waals surface area contributed by atoms with Crippen molar-refractivity contribution in [3.8, 4) is 0 Å². The van der Waals surface area contributed by atoms with Gasteiger partial charge in [0.1, 0.15) is 0 Å². The molecule has 2 nitrogen and oxygen atoms in total. The van der Waals surface area contributed by atoms with Gasteiger partial charge in [0.05, 0.1) is 0 Å². The SMILES string of the molecule is CCNC(=S)NC(C)Cc1cccs1. The van der Waals surface area contributed by atoms with Gasteiger partial charge in [-0.15, -0.1) is 11.3 Å². The highest BCUT2D eigenvalue weighted by Gasteiger charge is 2.04. The summed E-state index contributed by atoms with van der Waals surface area (Å²) >= 11 is 6.89. The molecule has 1 rings (SSSR count). The third-order valence-electron chi connectivity index (χ3n) is 1.80. The van der Waals surface area contributed by atoms with Crippen LogP contribution in [-0.2, 0) is 6.42 Å². The van der Waals surface area contributed by atoms with Crippen molar-refractivity contribution in [2.24, 2.45) is 0 Å². The maximum Gasteiger partial charge on any atom is 0.166 e. The maximum absolute atomic E-state index is 5.11. The fraction of sp³-hybridized carbons (Fsp3) is 0.500. The number of thiophene rings is 1. The Bertz CT molecular complexity index is 270. The molecule has 0 bridgehead atoms. The molecule has 0 amide bonds. The van der Waals surface area contributed by atoms with Crippen molar-refractivity contribution in [1.29, 1.82) is 0 Å². The van der Waals surface area contributed by atoms with Crippen molar-refractivity contribution < 1.29 is 0 Å². The molecule has 0 aliphatic rings. The summed E-state index contributed by atoms with van der Waals surface area (Å²) in [6, 6.07) is 4.62. The Hall–Kier alpha value is -0.610. The highest BCUT2D eigenvalue weighted by Crippen LogP contribution is 2.10. The number of hydrogen-bond acceptors (Lipinski definition) is 2. The van der Waals surface area contributed by atoms with Crippen LogP contribution in [0.25, 0.3) is 0 Å². The lowest BCUT2D eigenvalue weighted by Gasteiger charge is -2.15. The van der Waals surface area contributed by atoms with Gasteiger partial charge in [-0.05, 0) is 37.5 Å². The summed E-state index contributed by atoms with van der Waals surface area (Å²) in [6.07, 6.45) is 1.03. The summed E-state index contributed by atoms with van der Waals surface area (Å²) in [5, 5.41) is 9.17. The molecule has 2 N–H and O–H groups in total. The second-order valence-electron chi connectivity index (χ2n) is 3.19. The summed E-state index contributed by atoms with van der Waals surface area (Å²) in [5.74, 6) is 0. The fourth-order valence-corrected chi connectivity index (χ4v) is 2.40. The van der Waals surface area contributed by atoms with Crippen molar-refractivity contribution in [2.75, 3.05) is 6.54 Å². The topological polar surface area (TPSA) is 24.1 Å². The molecule has 0 aliphatic carbocycles. The predicted octanol–water partition coefficient (Wildman–Crippen LogP) is 2.16. The van der Waals surface area contributed by atoms with E-state index in [0.29, 0.717) is 6.04 Å². The Labute approximate surface area is 94.7 Å². The van der Waals surface area contributed by atoms with Crippen LogP contribution in [0.15, 0.2) is 17.5 Å². The normalized spacial score (nSPS) is 12.1. The van der Waals surface area contributed by atoms with Crippen LogP contribution in [0.4, 0.5) is 0 Å². The summed E-state index contributed by atoms with van der Waals surface area (Å²) in [5.41, 5.74) is 0. The van der Waals surface area contributed by atoms with Crippen LogP contribution in [0.5, 0.6) is 0 Å². The van der Waals surface area contributed by atoms with E-state index >= 15 is 0 Å². The second kappa shape index (κ2) is 5.98. The molecule has 0 saturated heterocycles. The van der Waals surface area contributed by atoms with Gasteiger partial charge < -0.3 is 10.6 Å². The molecule has 0 spiro atoms. The van der Waals surface area contributed by atoms with Crippen LogP contribution in [0.1, 0.15) is 18.7 Å². The molecule has 14 heavy (non-hydrogen) atoms. The minimum absolute atomic E-state index is 0.389. The molecule has 0 fully saturated rings. The van der Waals surface area contributed by atoms with Gasteiger partial charge in [0, 0.05) is 23.9 Å². The van der Waals surface area contributed by atoms with Crippen LogP contribution >= 0.6 is 23.6 Å². The van der Waals surface area contributed by atoms with Gasteiger partial charge in [-0.25, -0.2) is 0 Å². The molecule has 0 saturated carbocycles. The largest absolute Gasteiger partial charge is 0.363 e. The predicted molar refractivity (Wildman–Crippen MR) is 66.9 cm³/mol. The molecule has 1 aromatic heterocycles. The standard InChI is InChI=1S/C10H16N2S2/c1-3-11-10(13)12-8(2)7-9-5-4-6-14-9/h4-6,8H,3,7H2,1-2H3,(H2,11,12,13). The van der Waals surface area contributed by atoms with E-state index in [1.165, 1.54) is 4.88 Å². The van der Waals surface area contributed by atoms with Gasteiger partial charge in [-0.1, -0.05) is 6.07 Å². The third kappa shape index (κ3) is 4.07. The van der Waals surface area contributed by atoms with Crippen molar-refractivity contribution in [1.82, 2.24) is 10.6 Å². The van der Waals surface area contributed by atoms with E-state index in [9.17, 15) is 0 Å². The van der Waals surface area contributed by atoms with E-state index in [1.807, 2.05) is 6.92 Å². The fourth-order valence-electron chi connectivity index (χ4n) is 1.22. The monoisotopic (exact) mass is 228 g/mol. The van der Waals surface area contributed by atoms with Gasteiger partial charge in [0.15, 0.2) is 5.11 Å². The van der Waals surface area contributed by atoms with E-state index in [-0.39, 0.29) is 0 Å². The van der Waals surface area contributed by atoms with Crippen LogP contribution in [-0.4, -0.2) is 17.7 Å². The van der Waals surface area contributed by atoms with E-state index in [4.69, 9.17) is 12.2 Å².